The van der Waals surface area contributed by atoms with Crippen LogP contribution in [-0.2, 0) is 11.0 Å². The van der Waals surface area contributed by atoms with Gasteiger partial charge >= 0.3 is 6.18 Å². The van der Waals surface area contributed by atoms with E-state index in [9.17, 15) is 18.0 Å². The van der Waals surface area contributed by atoms with E-state index in [2.05, 4.69) is 5.32 Å². The SMILES string of the molecule is Nc1cc(NC(=O)C=Cc2ccccc2Cl)cc(C(F)(F)F)c1. The molecule has 0 saturated carbocycles. The zero-order chi connectivity index (χ0) is 17.0. The number of rotatable bonds is 3. The Hall–Kier alpha value is -2.47. The van der Waals surface area contributed by atoms with Crippen molar-refractivity contribution in [2.24, 2.45) is 0 Å². The molecule has 120 valence electrons. The first kappa shape index (κ1) is 16.9. The summed E-state index contributed by atoms with van der Waals surface area (Å²) in [5.41, 5.74) is 4.99. The minimum Gasteiger partial charge on any atom is -0.399 e. The van der Waals surface area contributed by atoms with Gasteiger partial charge in [-0.05, 0) is 35.9 Å². The monoisotopic (exact) mass is 340 g/mol. The number of halogens is 4. The fraction of sp³-hybridized carbons (Fsp3) is 0.0625. The van der Waals surface area contributed by atoms with Gasteiger partial charge in [-0.15, -0.1) is 0 Å². The summed E-state index contributed by atoms with van der Waals surface area (Å²) in [6.45, 7) is 0. The molecule has 0 aliphatic rings. The average Bonchev–Trinajstić information content (AvgIpc) is 2.45. The Morgan fingerprint density at radius 1 is 1.17 bits per heavy atom. The predicted molar refractivity (Wildman–Crippen MR) is 85.0 cm³/mol. The third-order valence-electron chi connectivity index (χ3n) is 2.87. The summed E-state index contributed by atoms with van der Waals surface area (Å²) in [6, 6.07) is 9.71. The number of nitrogens with two attached hydrogens (primary N) is 1. The quantitative estimate of drug-likeness (QED) is 0.634. The van der Waals surface area contributed by atoms with E-state index in [-0.39, 0.29) is 11.4 Å². The molecule has 0 bridgehead atoms. The van der Waals surface area contributed by atoms with Crippen LogP contribution >= 0.6 is 11.6 Å². The maximum absolute atomic E-state index is 12.7. The zero-order valence-electron chi connectivity index (χ0n) is 11.7. The van der Waals surface area contributed by atoms with Crippen LogP contribution in [0.4, 0.5) is 24.5 Å². The Kier molecular flexibility index (Phi) is 4.95. The Balaban J connectivity index is 2.15. The topological polar surface area (TPSA) is 55.1 Å². The maximum atomic E-state index is 12.7. The number of hydrogen-bond donors (Lipinski definition) is 2. The lowest BCUT2D eigenvalue weighted by molar-refractivity contribution is -0.137. The molecule has 0 aliphatic carbocycles. The van der Waals surface area contributed by atoms with Crippen LogP contribution in [0.15, 0.2) is 48.5 Å². The summed E-state index contributed by atoms with van der Waals surface area (Å²) in [5.74, 6) is -0.594. The fourth-order valence-electron chi connectivity index (χ4n) is 1.85. The smallest absolute Gasteiger partial charge is 0.399 e. The molecule has 0 saturated heterocycles. The van der Waals surface area contributed by atoms with E-state index in [1.54, 1.807) is 24.3 Å². The molecule has 0 heterocycles. The summed E-state index contributed by atoms with van der Waals surface area (Å²) in [5, 5.41) is 2.79. The second kappa shape index (κ2) is 6.75. The van der Waals surface area contributed by atoms with Gasteiger partial charge in [0.25, 0.3) is 0 Å². The average molecular weight is 341 g/mol. The Morgan fingerprint density at radius 3 is 2.52 bits per heavy atom. The van der Waals surface area contributed by atoms with Crippen molar-refractivity contribution in [3.05, 3.63) is 64.7 Å². The Bertz CT molecular complexity index is 757. The summed E-state index contributed by atoms with van der Waals surface area (Å²) in [6.07, 6.45) is -1.89. The molecular weight excluding hydrogens is 329 g/mol. The lowest BCUT2D eigenvalue weighted by atomic mass is 10.1. The molecule has 2 aromatic carbocycles. The molecule has 0 unspecified atom stereocenters. The van der Waals surface area contributed by atoms with Crippen LogP contribution in [0.3, 0.4) is 0 Å². The van der Waals surface area contributed by atoms with Gasteiger partial charge in [-0.1, -0.05) is 29.8 Å². The van der Waals surface area contributed by atoms with Gasteiger partial charge in [0, 0.05) is 22.5 Å². The van der Waals surface area contributed by atoms with Crippen molar-refractivity contribution >= 4 is 35.0 Å². The summed E-state index contributed by atoms with van der Waals surface area (Å²) < 4.78 is 38.1. The van der Waals surface area contributed by atoms with E-state index >= 15 is 0 Å². The number of anilines is 2. The van der Waals surface area contributed by atoms with Gasteiger partial charge in [0.05, 0.1) is 5.56 Å². The zero-order valence-corrected chi connectivity index (χ0v) is 12.4. The highest BCUT2D eigenvalue weighted by atomic mass is 35.5. The molecule has 0 aliphatic heterocycles. The number of alkyl halides is 3. The van der Waals surface area contributed by atoms with E-state index in [1.165, 1.54) is 18.2 Å². The number of benzene rings is 2. The van der Waals surface area contributed by atoms with Crippen molar-refractivity contribution in [1.82, 2.24) is 0 Å². The summed E-state index contributed by atoms with van der Waals surface area (Å²) >= 11 is 5.94. The van der Waals surface area contributed by atoms with E-state index in [0.29, 0.717) is 10.6 Å². The van der Waals surface area contributed by atoms with Crippen molar-refractivity contribution < 1.29 is 18.0 Å². The highest BCUT2D eigenvalue weighted by molar-refractivity contribution is 6.32. The lowest BCUT2D eigenvalue weighted by Crippen LogP contribution is -2.11. The first-order valence-corrected chi connectivity index (χ1v) is 6.85. The molecule has 2 aromatic rings. The van der Waals surface area contributed by atoms with E-state index in [0.717, 1.165) is 12.1 Å². The van der Waals surface area contributed by atoms with Gasteiger partial charge in [-0.3, -0.25) is 4.79 Å². The Morgan fingerprint density at radius 2 is 1.87 bits per heavy atom. The molecule has 3 nitrogen and oxygen atoms in total. The van der Waals surface area contributed by atoms with Crippen LogP contribution < -0.4 is 11.1 Å². The molecule has 0 fully saturated rings. The molecule has 7 heteroatoms. The van der Waals surface area contributed by atoms with Gasteiger partial charge in [0.1, 0.15) is 0 Å². The molecule has 2 rings (SSSR count). The molecule has 0 radical (unpaired) electrons. The van der Waals surface area contributed by atoms with Crippen LogP contribution in [0.5, 0.6) is 0 Å². The second-order valence-electron chi connectivity index (χ2n) is 4.69. The van der Waals surface area contributed by atoms with E-state index < -0.39 is 17.6 Å². The van der Waals surface area contributed by atoms with Crippen molar-refractivity contribution in [2.45, 2.75) is 6.18 Å². The molecule has 3 N–H and O–H groups in total. The van der Waals surface area contributed by atoms with Crippen LogP contribution in [0.1, 0.15) is 11.1 Å². The molecule has 0 spiro atoms. The Labute approximate surface area is 135 Å². The van der Waals surface area contributed by atoms with Crippen LogP contribution in [0.2, 0.25) is 5.02 Å². The molecule has 0 atom stereocenters. The van der Waals surface area contributed by atoms with E-state index in [4.69, 9.17) is 17.3 Å². The molecule has 23 heavy (non-hydrogen) atoms. The highest BCUT2D eigenvalue weighted by Gasteiger charge is 2.31. The van der Waals surface area contributed by atoms with Crippen molar-refractivity contribution in [3.63, 3.8) is 0 Å². The predicted octanol–water partition coefficient (Wildman–Crippen LogP) is 4.59. The number of amides is 1. The fourth-order valence-corrected chi connectivity index (χ4v) is 2.05. The highest BCUT2D eigenvalue weighted by Crippen LogP contribution is 2.32. The normalized spacial score (nSPS) is 11.7. The third kappa shape index (κ3) is 4.75. The van der Waals surface area contributed by atoms with Crippen molar-refractivity contribution in [2.75, 3.05) is 11.1 Å². The van der Waals surface area contributed by atoms with Gasteiger partial charge in [0.2, 0.25) is 5.91 Å². The third-order valence-corrected chi connectivity index (χ3v) is 3.21. The number of carbonyl (C=O) groups is 1. The van der Waals surface area contributed by atoms with Crippen LogP contribution in [0, 0.1) is 0 Å². The van der Waals surface area contributed by atoms with Gasteiger partial charge in [0.15, 0.2) is 0 Å². The summed E-state index contributed by atoms with van der Waals surface area (Å²) in [4.78, 5) is 11.8. The van der Waals surface area contributed by atoms with Gasteiger partial charge in [-0.2, -0.15) is 13.2 Å². The molecular formula is C16H12ClF3N2O. The number of hydrogen-bond acceptors (Lipinski definition) is 2. The first-order valence-electron chi connectivity index (χ1n) is 6.47. The number of carbonyl (C=O) groups excluding carboxylic acids is 1. The van der Waals surface area contributed by atoms with Crippen LogP contribution in [-0.4, -0.2) is 5.91 Å². The standard InChI is InChI=1S/C16H12ClF3N2O/c17-14-4-2-1-3-10(14)5-6-15(23)22-13-8-11(16(18,19)20)7-12(21)9-13/h1-9H,21H2,(H,22,23). The molecule has 0 aromatic heterocycles. The lowest BCUT2D eigenvalue weighted by Gasteiger charge is -2.10. The van der Waals surface area contributed by atoms with Crippen molar-refractivity contribution in [1.29, 1.82) is 0 Å². The van der Waals surface area contributed by atoms with Crippen molar-refractivity contribution in [3.8, 4) is 0 Å². The number of nitrogen functional groups attached to an aromatic ring is 1. The van der Waals surface area contributed by atoms with Gasteiger partial charge in [-0.25, -0.2) is 0 Å². The minimum absolute atomic E-state index is 0.0360. The van der Waals surface area contributed by atoms with Crippen LogP contribution in [0.25, 0.3) is 6.08 Å². The summed E-state index contributed by atoms with van der Waals surface area (Å²) in [7, 11) is 0. The maximum Gasteiger partial charge on any atom is 0.416 e. The molecule has 1 amide bonds. The second-order valence-corrected chi connectivity index (χ2v) is 5.09. The minimum atomic E-state index is -4.54. The van der Waals surface area contributed by atoms with Gasteiger partial charge < -0.3 is 11.1 Å². The van der Waals surface area contributed by atoms with E-state index in [1.807, 2.05) is 0 Å². The largest absolute Gasteiger partial charge is 0.416 e. The number of nitrogens with one attached hydrogen (secondary N) is 1. The first-order chi connectivity index (χ1) is 10.8.